The third-order valence-electron chi connectivity index (χ3n) is 2.91. The molecule has 1 atom stereocenters. The van der Waals surface area contributed by atoms with Crippen LogP contribution in [0, 0.1) is 10.7 Å². The van der Waals surface area contributed by atoms with Crippen LogP contribution in [-0.2, 0) is 24.7 Å². The zero-order valence-corrected chi connectivity index (χ0v) is 18.1. The number of amides is 1. The van der Waals surface area contributed by atoms with Crippen LogP contribution in [0.4, 0.5) is 11.4 Å². The van der Waals surface area contributed by atoms with Gasteiger partial charge in [-0.3, -0.25) is 14.4 Å². The Balaban J connectivity index is 3.63. The van der Waals surface area contributed by atoms with Crippen LogP contribution in [0.15, 0.2) is 0 Å². The van der Waals surface area contributed by atoms with E-state index < -0.39 is 29.9 Å². The highest BCUT2D eigenvalue weighted by Crippen LogP contribution is 2.40. The first-order valence-electron chi connectivity index (χ1n) is 5.87. The average molecular weight is 659 g/mol. The van der Waals surface area contributed by atoms with E-state index in [1.165, 1.54) is 0 Å². The molecule has 1 aromatic rings. The second kappa shape index (κ2) is 7.64. The van der Waals surface area contributed by atoms with Crippen molar-refractivity contribution in [2.24, 2.45) is 5.73 Å². The zero-order chi connectivity index (χ0) is 18.1. The van der Waals surface area contributed by atoms with Gasteiger partial charge >= 0.3 is 5.97 Å². The molecule has 0 aliphatic heterocycles. The first-order valence-corrected chi connectivity index (χ1v) is 9.10. The molecule has 0 heterocycles. The van der Waals surface area contributed by atoms with Crippen LogP contribution in [-0.4, -0.2) is 29.4 Å². The molecule has 0 aliphatic carbocycles. The second-order valence-electron chi connectivity index (χ2n) is 4.42. The van der Waals surface area contributed by atoms with Gasteiger partial charge in [-0.2, -0.15) is 0 Å². The van der Waals surface area contributed by atoms with Crippen LogP contribution in [0.2, 0.25) is 0 Å². The van der Waals surface area contributed by atoms with Crippen molar-refractivity contribution < 1.29 is 24.2 Å². The van der Waals surface area contributed by atoms with Gasteiger partial charge in [0, 0.05) is 19.6 Å². The number of primary amides is 1. The molecule has 23 heavy (non-hydrogen) atoms. The van der Waals surface area contributed by atoms with Crippen molar-refractivity contribution in [1.29, 1.82) is 0 Å². The van der Waals surface area contributed by atoms with Crippen LogP contribution in [0.3, 0.4) is 0 Å². The highest BCUT2D eigenvalue weighted by molar-refractivity contribution is 14.1. The largest absolute Gasteiger partial charge is 0.458 e. The van der Waals surface area contributed by atoms with Crippen molar-refractivity contribution in [1.82, 2.24) is 0 Å². The van der Waals surface area contributed by atoms with Crippen LogP contribution < -0.4 is 17.2 Å². The number of nitrogens with two attached hydrogens (primary N) is 3. The molecular formula is C12H12I3N3O5. The molecule has 1 aromatic carbocycles. The topological polar surface area (TPSA) is 159 Å². The van der Waals surface area contributed by atoms with Gasteiger partial charge in [0.15, 0.2) is 6.61 Å². The zero-order valence-electron chi connectivity index (χ0n) is 11.7. The number of ketones is 1. The van der Waals surface area contributed by atoms with Crippen molar-refractivity contribution in [3.8, 4) is 0 Å². The molecule has 8 nitrogen and oxygen atoms in total. The molecule has 0 saturated heterocycles. The predicted octanol–water partition coefficient (Wildman–Crippen LogP) is 0.470. The third kappa shape index (κ3) is 3.81. The van der Waals surface area contributed by atoms with Gasteiger partial charge in [-0.25, -0.2) is 0 Å². The van der Waals surface area contributed by atoms with Gasteiger partial charge < -0.3 is 27.0 Å². The summed E-state index contributed by atoms with van der Waals surface area (Å²) < 4.78 is 5.62. The SMILES string of the molecule is CC(=O)OCC(=O)C(O)(C(N)=O)c1c(I)c(N)c(I)c(N)c1I. The van der Waals surface area contributed by atoms with Crippen molar-refractivity contribution in [2.45, 2.75) is 12.5 Å². The lowest BCUT2D eigenvalue weighted by molar-refractivity contribution is -0.159. The quantitative estimate of drug-likeness (QED) is 0.155. The van der Waals surface area contributed by atoms with Gasteiger partial charge in [-0.1, -0.05) is 0 Å². The van der Waals surface area contributed by atoms with Crippen LogP contribution in [0.25, 0.3) is 0 Å². The van der Waals surface area contributed by atoms with E-state index >= 15 is 0 Å². The maximum atomic E-state index is 12.3. The molecule has 0 aliphatic rings. The number of halogens is 3. The van der Waals surface area contributed by atoms with Gasteiger partial charge in [0.25, 0.3) is 5.91 Å². The summed E-state index contributed by atoms with van der Waals surface area (Å²) >= 11 is 5.49. The van der Waals surface area contributed by atoms with Crippen molar-refractivity contribution in [3.63, 3.8) is 0 Å². The molecule has 0 radical (unpaired) electrons. The number of anilines is 2. The minimum atomic E-state index is -2.71. The number of Topliss-reactive ketones (excluding diaryl/α,β-unsaturated/α-hetero) is 1. The van der Waals surface area contributed by atoms with Crippen molar-refractivity contribution >= 4 is 96.8 Å². The van der Waals surface area contributed by atoms with Gasteiger partial charge in [-0.05, 0) is 67.8 Å². The predicted molar refractivity (Wildman–Crippen MR) is 108 cm³/mol. The fraction of sp³-hybridized carbons (Fsp3) is 0.250. The van der Waals surface area contributed by atoms with Gasteiger partial charge in [-0.15, -0.1) is 0 Å². The molecule has 0 saturated carbocycles. The molecule has 7 N–H and O–H groups in total. The van der Waals surface area contributed by atoms with E-state index in [4.69, 9.17) is 17.2 Å². The summed E-state index contributed by atoms with van der Waals surface area (Å²) in [6, 6.07) is 0. The molecule has 1 rings (SSSR count). The number of rotatable bonds is 5. The summed E-state index contributed by atoms with van der Waals surface area (Å²) in [6.45, 7) is 0.275. The van der Waals surface area contributed by atoms with Crippen LogP contribution >= 0.6 is 67.8 Å². The molecule has 0 fully saturated rings. The standard InChI is InChI=1S/C12H12I3N3O5/c1-3(19)23-2-4(20)12(22,11(18)21)5-6(13)9(16)8(15)10(17)7(5)14/h22H,2,16-17H2,1H3,(H2,18,21). The van der Waals surface area contributed by atoms with E-state index in [1.807, 2.05) is 22.6 Å². The minimum absolute atomic E-state index is 0.112. The molecule has 1 amide bonds. The van der Waals surface area contributed by atoms with Gasteiger partial charge in [0.1, 0.15) is 0 Å². The monoisotopic (exact) mass is 659 g/mol. The molecule has 11 heteroatoms. The summed E-state index contributed by atoms with van der Waals surface area (Å²) in [5.74, 6) is -3.14. The lowest BCUT2D eigenvalue weighted by atomic mass is 9.88. The smallest absolute Gasteiger partial charge is 0.303 e. The van der Waals surface area contributed by atoms with Crippen LogP contribution in [0.1, 0.15) is 12.5 Å². The molecule has 0 bridgehead atoms. The van der Waals surface area contributed by atoms with Crippen molar-refractivity contribution in [2.75, 3.05) is 18.1 Å². The Morgan fingerprint density at radius 2 is 1.52 bits per heavy atom. The lowest BCUT2D eigenvalue weighted by Gasteiger charge is -2.27. The fourth-order valence-corrected chi connectivity index (χ4v) is 5.64. The molecule has 0 aromatic heterocycles. The highest BCUT2D eigenvalue weighted by atomic mass is 127. The molecule has 0 spiro atoms. The number of ether oxygens (including phenoxy) is 1. The van der Waals surface area contributed by atoms with E-state index in [0.29, 0.717) is 3.57 Å². The summed E-state index contributed by atoms with van der Waals surface area (Å²) in [5.41, 5.74) is 14.7. The maximum Gasteiger partial charge on any atom is 0.303 e. The summed E-state index contributed by atoms with van der Waals surface area (Å²) in [7, 11) is 0. The summed E-state index contributed by atoms with van der Waals surface area (Å²) in [6.07, 6.45) is 0. The molecule has 1 unspecified atom stereocenters. The Morgan fingerprint density at radius 1 is 1.09 bits per heavy atom. The second-order valence-corrected chi connectivity index (χ2v) is 7.66. The van der Waals surface area contributed by atoms with Gasteiger partial charge in [0.05, 0.1) is 14.9 Å². The minimum Gasteiger partial charge on any atom is -0.458 e. The summed E-state index contributed by atoms with van der Waals surface area (Å²) in [5, 5.41) is 10.7. The Hall–Kier alpha value is -0.420. The Bertz CT molecular complexity index is 681. The fourth-order valence-electron chi connectivity index (χ4n) is 1.69. The number of esters is 1. The number of hydrogen-bond donors (Lipinski definition) is 4. The molecule has 126 valence electrons. The van der Waals surface area contributed by atoms with E-state index in [9.17, 15) is 19.5 Å². The van der Waals surface area contributed by atoms with Crippen molar-refractivity contribution in [3.05, 3.63) is 16.3 Å². The average Bonchev–Trinajstić information content (AvgIpc) is 2.48. The highest BCUT2D eigenvalue weighted by Gasteiger charge is 2.48. The Kier molecular flexibility index (Phi) is 6.85. The number of carbonyl (C=O) groups is 3. The van der Waals surface area contributed by atoms with E-state index in [-0.39, 0.29) is 24.1 Å². The van der Waals surface area contributed by atoms with E-state index in [1.54, 1.807) is 45.2 Å². The van der Waals surface area contributed by atoms with Crippen LogP contribution in [0.5, 0.6) is 0 Å². The number of benzene rings is 1. The molecular weight excluding hydrogens is 647 g/mol. The first-order chi connectivity index (χ1) is 10.5. The van der Waals surface area contributed by atoms with Gasteiger partial charge in [0.2, 0.25) is 11.4 Å². The van der Waals surface area contributed by atoms with E-state index in [2.05, 4.69) is 4.74 Å². The summed E-state index contributed by atoms with van der Waals surface area (Å²) in [4.78, 5) is 35.0. The lowest BCUT2D eigenvalue weighted by Crippen LogP contribution is -2.51. The third-order valence-corrected chi connectivity index (χ3v) is 6.32. The Morgan fingerprint density at radius 3 is 1.87 bits per heavy atom. The Labute approximate surface area is 172 Å². The maximum absolute atomic E-state index is 12.3. The number of carbonyl (C=O) groups excluding carboxylic acids is 3. The number of hydrogen-bond acceptors (Lipinski definition) is 7. The number of aliphatic hydroxyl groups is 1. The van der Waals surface area contributed by atoms with E-state index in [0.717, 1.165) is 6.92 Å². The first kappa shape index (κ1) is 20.6. The number of nitrogen functional groups attached to an aromatic ring is 2. The normalized spacial score (nSPS) is 13.3.